The minimum Gasteiger partial charge on any atom is -0.298 e. The molecule has 0 radical (unpaired) electrons. The quantitative estimate of drug-likeness (QED) is 0.543. The Balaban J connectivity index is 2.91. The van der Waals surface area contributed by atoms with Crippen molar-refractivity contribution in [1.29, 1.82) is 0 Å². The number of hydrogen-bond donors (Lipinski definition) is 0. The van der Waals surface area contributed by atoms with Gasteiger partial charge >= 0.3 is 0 Å². The monoisotopic (exact) mass is 222 g/mol. The molecule has 0 amide bonds. The zero-order chi connectivity index (χ0) is 12.3. The van der Waals surface area contributed by atoms with Gasteiger partial charge in [-0.1, -0.05) is 27.2 Å². The zero-order valence-corrected chi connectivity index (χ0v) is 10.7. The lowest BCUT2D eigenvalue weighted by molar-refractivity contribution is -0.125. The van der Waals surface area contributed by atoms with Gasteiger partial charge in [0.05, 0.1) is 0 Å². The summed E-state index contributed by atoms with van der Waals surface area (Å²) in [5, 5.41) is 0. The third-order valence-electron chi connectivity index (χ3n) is 3.75. The Morgan fingerprint density at radius 2 is 2.00 bits per heavy atom. The van der Waals surface area contributed by atoms with Crippen molar-refractivity contribution in [1.82, 2.24) is 0 Å². The van der Waals surface area contributed by atoms with E-state index in [0.29, 0.717) is 11.5 Å². The van der Waals surface area contributed by atoms with Gasteiger partial charge in [-0.3, -0.25) is 9.59 Å². The van der Waals surface area contributed by atoms with Crippen LogP contribution in [0.4, 0.5) is 0 Å². The molecule has 90 valence electrons. The second-order valence-electron chi connectivity index (χ2n) is 5.74. The van der Waals surface area contributed by atoms with Crippen LogP contribution in [0.15, 0.2) is 11.6 Å². The number of hydrogen-bond acceptors (Lipinski definition) is 2. The predicted molar refractivity (Wildman–Crippen MR) is 65.1 cm³/mol. The Labute approximate surface area is 98.1 Å². The van der Waals surface area contributed by atoms with Gasteiger partial charge < -0.3 is 0 Å². The van der Waals surface area contributed by atoms with Gasteiger partial charge in [0.2, 0.25) is 0 Å². The maximum atomic E-state index is 12.2. The van der Waals surface area contributed by atoms with Crippen molar-refractivity contribution >= 4 is 12.1 Å². The van der Waals surface area contributed by atoms with Gasteiger partial charge in [-0.2, -0.15) is 0 Å². The highest BCUT2D eigenvalue weighted by Gasteiger charge is 2.40. The van der Waals surface area contributed by atoms with Gasteiger partial charge in [-0.05, 0) is 42.7 Å². The smallest absolute Gasteiger partial charge is 0.159 e. The fraction of sp³-hybridized carbons (Fsp3) is 0.714. The topological polar surface area (TPSA) is 34.1 Å². The number of carbonyl (C=O) groups excluding carboxylic acids is 2. The molecule has 1 saturated carbocycles. The Kier molecular flexibility index (Phi) is 4.06. The summed E-state index contributed by atoms with van der Waals surface area (Å²) < 4.78 is 0. The van der Waals surface area contributed by atoms with E-state index in [9.17, 15) is 9.59 Å². The molecule has 0 heterocycles. The van der Waals surface area contributed by atoms with E-state index < -0.39 is 0 Å². The van der Waals surface area contributed by atoms with Crippen molar-refractivity contribution in [2.75, 3.05) is 0 Å². The van der Waals surface area contributed by atoms with Crippen LogP contribution >= 0.6 is 0 Å². The summed E-state index contributed by atoms with van der Waals surface area (Å²) in [6.45, 7) is 8.16. The molecule has 0 N–H and O–H groups in total. The maximum absolute atomic E-state index is 12.2. The molecule has 0 aromatic heterocycles. The lowest BCUT2D eigenvalue weighted by Crippen LogP contribution is -2.38. The Hall–Kier alpha value is -0.920. The van der Waals surface area contributed by atoms with Crippen LogP contribution in [0.1, 0.15) is 47.0 Å². The second-order valence-corrected chi connectivity index (χ2v) is 5.74. The summed E-state index contributed by atoms with van der Waals surface area (Å²) in [4.78, 5) is 22.7. The molecule has 2 unspecified atom stereocenters. The molecule has 1 aliphatic rings. The summed E-state index contributed by atoms with van der Waals surface area (Å²) in [5.74, 6) is 0.616. The van der Waals surface area contributed by atoms with Crippen LogP contribution < -0.4 is 0 Å². The van der Waals surface area contributed by atoms with Gasteiger partial charge in [-0.25, -0.2) is 0 Å². The van der Waals surface area contributed by atoms with E-state index in [-0.39, 0.29) is 17.1 Å². The van der Waals surface area contributed by atoms with E-state index in [2.05, 4.69) is 20.8 Å². The number of carbonyl (C=O) groups is 2. The first-order valence-corrected chi connectivity index (χ1v) is 6.06. The Morgan fingerprint density at radius 3 is 2.50 bits per heavy atom. The van der Waals surface area contributed by atoms with E-state index in [1.165, 1.54) is 12.5 Å². The molecular formula is C14H22O2. The Bertz CT molecular complexity index is 313. The molecule has 0 aliphatic heterocycles. The van der Waals surface area contributed by atoms with E-state index in [1.807, 2.05) is 0 Å². The Morgan fingerprint density at radius 1 is 1.38 bits per heavy atom. The molecule has 2 atom stereocenters. The van der Waals surface area contributed by atoms with Crippen LogP contribution in [0.25, 0.3) is 0 Å². The highest BCUT2D eigenvalue weighted by molar-refractivity contribution is 5.96. The van der Waals surface area contributed by atoms with E-state index in [1.54, 1.807) is 6.92 Å². The van der Waals surface area contributed by atoms with Gasteiger partial charge in [0.25, 0.3) is 0 Å². The molecule has 16 heavy (non-hydrogen) atoms. The molecule has 0 saturated heterocycles. The summed E-state index contributed by atoms with van der Waals surface area (Å²) >= 11 is 0. The highest BCUT2D eigenvalue weighted by atomic mass is 16.1. The number of ketones is 1. The van der Waals surface area contributed by atoms with Crippen molar-refractivity contribution < 1.29 is 9.59 Å². The largest absolute Gasteiger partial charge is 0.298 e. The standard InChI is InChI=1S/C14H22O2/c1-10(9-15)8-12(16)13-11(2)6-5-7-14(13,3)4/h8-9,11,13H,5-7H2,1-4H3. The minimum absolute atomic E-state index is 0.0639. The minimum atomic E-state index is 0.0639. The van der Waals surface area contributed by atoms with Crippen LogP contribution in [0.5, 0.6) is 0 Å². The van der Waals surface area contributed by atoms with Crippen LogP contribution in [0, 0.1) is 17.3 Å². The highest BCUT2D eigenvalue weighted by Crippen LogP contribution is 2.44. The van der Waals surface area contributed by atoms with E-state index in [0.717, 1.165) is 19.1 Å². The molecule has 0 aromatic carbocycles. The summed E-state index contributed by atoms with van der Waals surface area (Å²) in [6.07, 6.45) is 5.68. The number of allylic oxidation sites excluding steroid dienone is 2. The summed E-state index contributed by atoms with van der Waals surface area (Å²) in [5.41, 5.74) is 0.590. The second kappa shape index (κ2) is 4.94. The van der Waals surface area contributed by atoms with Crippen molar-refractivity contribution in [2.45, 2.75) is 47.0 Å². The maximum Gasteiger partial charge on any atom is 0.159 e. The molecule has 1 aliphatic carbocycles. The third kappa shape index (κ3) is 2.81. The van der Waals surface area contributed by atoms with Gasteiger partial charge in [-0.15, -0.1) is 0 Å². The average Bonchev–Trinajstić information content (AvgIpc) is 2.15. The van der Waals surface area contributed by atoms with Crippen LogP contribution in [-0.4, -0.2) is 12.1 Å². The molecule has 2 heteroatoms. The molecule has 0 aromatic rings. The van der Waals surface area contributed by atoms with Crippen molar-refractivity contribution in [3.63, 3.8) is 0 Å². The van der Waals surface area contributed by atoms with Gasteiger partial charge in [0, 0.05) is 5.92 Å². The van der Waals surface area contributed by atoms with Crippen LogP contribution in [0.3, 0.4) is 0 Å². The van der Waals surface area contributed by atoms with Gasteiger partial charge in [0.1, 0.15) is 6.29 Å². The lowest BCUT2D eigenvalue weighted by Gasteiger charge is -2.41. The van der Waals surface area contributed by atoms with E-state index in [4.69, 9.17) is 0 Å². The molecule has 1 fully saturated rings. The average molecular weight is 222 g/mol. The molecule has 0 bridgehead atoms. The first-order valence-electron chi connectivity index (χ1n) is 6.06. The fourth-order valence-electron chi connectivity index (χ4n) is 2.99. The molecule has 0 spiro atoms. The van der Waals surface area contributed by atoms with E-state index >= 15 is 0 Å². The molecular weight excluding hydrogens is 200 g/mol. The first kappa shape index (κ1) is 13.1. The van der Waals surface area contributed by atoms with Crippen LogP contribution in [0.2, 0.25) is 0 Å². The summed E-state index contributed by atoms with van der Waals surface area (Å²) in [7, 11) is 0. The SMILES string of the molecule is CC(C=O)=CC(=O)C1C(C)CCCC1(C)C. The zero-order valence-electron chi connectivity index (χ0n) is 10.7. The van der Waals surface area contributed by atoms with Crippen LogP contribution in [-0.2, 0) is 9.59 Å². The van der Waals surface area contributed by atoms with Crippen molar-refractivity contribution in [2.24, 2.45) is 17.3 Å². The van der Waals surface area contributed by atoms with Crippen molar-refractivity contribution in [3.8, 4) is 0 Å². The number of aldehydes is 1. The summed E-state index contributed by atoms with van der Waals surface area (Å²) in [6, 6.07) is 0. The lowest BCUT2D eigenvalue weighted by atomic mass is 9.62. The fourth-order valence-corrected chi connectivity index (χ4v) is 2.99. The molecule has 2 nitrogen and oxygen atoms in total. The van der Waals surface area contributed by atoms with Gasteiger partial charge in [0.15, 0.2) is 5.78 Å². The first-order chi connectivity index (χ1) is 7.38. The normalized spacial score (nSPS) is 29.9. The third-order valence-corrected chi connectivity index (χ3v) is 3.75. The molecule has 1 rings (SSSR count). The van der Waals surface area contributed by atoms with Crippen molar-refractivity contribution in [3.05, 3.63) is 11.6 Å². The predicted octanol–water partition coefficient (Wildman–Crippen LogP) is 3.16. The number of rotatable bonds is 3.